The molecule has 0 radical (unpaired) electrons. The molecule has 0 saturated heterocycles. The third kappa shape index (κ3) is 6.21. The molecule has 0 bridgehead atoms. The second-order valence-corrected chi connectivity index (χ2v) is 7.66. The normalized spacial score (nSPS) is 10.8. The molecule has 166 valence electrons. The van der Waals surface area contributed by atoms with Crippen molar-refractivity contribution < 1.29 is 24.2 Å². The predicted octanol–water partition coefficient (Wildman–Crippen LogP) is 5.28. The lowest BCUT2D eigenvalue weighted by atomic mass is 10.1. The van der Waals surface area contributed by atoms with Crippen molar-refractivity contribution in [3.63, 3.8) is 0 Å². The Morgan fingerprint density at radius 1 is 1.09 bits per heavy atom. The lowest BCUT2D eigenvalue weighted by molar-refractivity contribution is -0.112. The average Bonchev–Trinajstić information content (AvgIpc) is 2.82. The fourth-order valence-electron chi connectivity index (χ4n) is 2.86. The number of benzene rings is 3. The highest BCUT2D eigenvalue weighted by atomic mass is 79.9. The van der Waals surface area contributed by atoms with Gasteiger partial charge >= 0.3 is 5.97 Å². The van der Waals surface area contributed by atoms with Crippen molar-refractivity contribution in [3.8, 4) is 17.6 Å². The van der Waals surface area contributed by atoms with Crippen LogP contribution < -0.4 is 14.8 Å². The Morgan fingerprint density at radius 3 is 2.39 bits per heavy atom. The van der Waals surface area contributed by atoms with E-state index in [0.717, 1.165) is 5.56 Å². The Labute approximate surface area is 199 Å². The van der Waals surface area contributed by atoms with Gasteiger partial charge in [-0.1, -0.05) is 46.3 Å². The van der Waals surface area contributed by atoms with Gasteiger partial charge in [0, 0.05) is 10.2 Å². The lowest BCUT2D eigenvalue weighted by Gasteiger charge is -2.13. The van der Waals surface area contributed by atoms with E-state index in [1.807, 2.05) is 12.1 Å². The molecular weight excluding hydrogens is 488 g/mol. The van der Waals surface area contributed by atoms with Crippen molar-refractivity contribution in [1.82, 2.24) is 0 Å². The summed E-state index contributed by atoms with van der Waals surface area (Å²) in [6.07, 6.45) is 1.46. The molecule has 0 unspecified atom stereocenters. The van der Waals surface area contributed by atoms with E-state index in [4.69, 9.17) is 14.6 Å². The van der Waals surface area contributed by atoms with Crippen LogP contribution >= 0.6 is 15.9 Å². The van der Waals surface area contributed by atoms with Crippen molar-refractivity contribution >= 4 is 39.6 Å². The minimum atomic E-state index is -0.995. The van der Waals surface area contributed by atoms with Crippen molar-refractivity contribution in [2.45, 2.75) is 6.61 Å². The summed E-state index contributed by atoms with van der Waals surface area (Å²) < 4.78 is 11.9. The van der Waals surface area contributed by atoms with Gasteiger partial charge in [-0.25, -0.2) is 4.79 Å². The predicted molar refractivity (Wildman–Crippen MR) is 127 cm³/mol. The zero-order chi connectivity index (χ0) is 23.8. The first kappa shape index (κ1) is 23.6. The highest BCUT2D eigenvalue weighted by molar-refractivity contribution is 9.10. The van der Waals surface area contributed by atoms with Gasteiger partial charge in [0.05, 0.1) is 12.7 Å². The Morgan fingerprint density at radius 2 is 1.79 bits per heavy atom. The van der Waals surface area contributed by atoms with Crippen molar-refractivity contribution in [2.24, 2.45) is 0 Å². The molecule has 3 rings (SSSR count). The maximum Gasteiger partial charge on any atom is 0.335 e. The summed E-state index contributed by atoms with van der Waals surface area (Å²) in [6.45, 7) is 0.195. The zero-order valence-corrected chi connectivity index (χ0v) is 19.1. The van der Waals surface area contributed by atoms with Gasteiger partial charge in [-0.2, -0.15) is 5.26 Å². The van der Waals surface area contributed by atoms with Gasteiger partial charge in [0.15, 0.2) is 11.5 Å². The molecule has 8 heteroatoms. The van der Waals surface area contributed by atoms with Gasteiger partial charge in [-0.15, -0.1) is 0 Å². The number of carbonyl (C=O) groups excluding carboxylic acids is 1. The van der Waals surface area contributed by atoms with E-state index in [1.165, 1.54) is 25.3 Å². The number of amides is 1. The molecule has 7 nitrogen and oxygen atoms in total. The van der Waals surface area contributed by atoms with Gasteiger partial charge < -0.3 is 19.9 Å². The van der Waals surface area contributed by atoms with Crippen LogP contribution in [0.3, 0.4) is 0 Å². The van der Waals surface area contributed by atoms with Crippen LogP contribution in [0.2, 0.25) is 0 Å². The van der Waals surface area contributed by atoms with E-state index in [9.17, 15) is 14.9 Å². The number of rotatable bonds is 8. The maximum atomic E-state index is 12.5. The van der Waals surface area contributed by atoms with Crippen LogP contribution in [-0.2, 0) is 11.4 Å². The largest absolute Gasteiger partial charge is 0.493 e. The molecule has 0 fully saturated rings. The molecule has 2 N–H and O–H groups in total. The smallest absolute Gasteiger partial charge is 0.335 e. The summed E-state index contributed by atoms with van der Waals surface area (Å²) >= 11 is 3.45. The number of nitriles is 1. The average molecular weight is 507 g/mol. The summed E-state index contributed by atoms with van der Waals surface area (Å²) in [4.78, 5) is 23.5. The molecule has 3 aromatic rings. The summed E-state index contributed by atoms with van der Waals surface area (Å²) in [6, 6.07) is 20.5. The highest BCUT2D eigenvalue weighted by Gasteiger charge is 2.14. The van der Waals surface area contributed by atoms with E-state index in [1.54, 1.807) is 48.5 Å². The van der Waals surface area contributed by atoms with Crippen LogP contribution in [0.4, 0.5) is 5.69 Å². The number of methoxy groups -OCH3 is 1. The molecule has 0 heterocycles. The molecule has 3 aromatic carbocycles. The van der Waals surface area contributed by atoms with E-state index >= 15 is 0 Å². The first-order chi connectivity index (χ1) is 15.9. The molecule has 0 aliphatic rings. The second-order valence-electron chi connectivity index (χ2n) is 6.81. The molecule has 33 heavy (non-hydrogen) atoms. The molecule has 0 spiro atoms. The number of hydrogen-bond acceptors (Lipinski definition) is 5. The molecule has 0 atom stereocenters. The molecule has 0 aliphatic carbocycles. The van der Waals surface area contributed by atoms with E-state index < -0.39 is 11.9 Å². The maximum absolute atomic E-state index is 12.5. The first-order valence-corrected chi connectivity index (χ1v) is 10.5. The Bertz CT molecular complexity index is 1230. The van der Waals surface area contributed by atoms with Crippen LogP contribution in [-0.4, -0.2) is 24.1 Å². The van der Waals surface area contributed by atoms with Crippen molar-refractivity contribution in [3.05, 3.63) is 93.5 Å². The molecule has 0 aliphatic heterocycles. The van der Waals surface area contributed by atoms with Gasteiger partial charge in [0.25, 0.3) is 5.91 Å². The summed E-state index contributed by atoms with van der Waals surface area (Å²) in [5.74, 6) is -0.672. The van der Waals surface area contributed by atoms with Crippen LogP contribution in [0.1, 0.15) is 21.5 Å². The third-order valence-corrected chi connectivity index (χ3v) is 5.26. The summed E-state index contributed by atoms with van der Waals surface area (Å²) in [5.41, 5.74) is 2.05. The van der Waals surface area contributed by atoms with E-state index in [0.29, 0.717) is 27.2 Å². The fraction of sp³-hybridized carbons (Fsp3) is 0.0800. The third-order valence-electron chi connectivity index (χ3n) is 4.57. The van der Waals surface area contributed by atoms with Crippen molar-refractivity contribution in [1.29, 1.82) is 5.26 Å². The number of aromatic carboxylic acids is 1. The summed E-state index contributed by atoms with van der Waals surface area (Å²) in [7, 11) is 1.48. The Hall–Kier alpha value is -4.09. The Kier molecular flexibility index (Phi) is 7.84. The molecule has 0 aromatic heterocycles. The number of ether oxygens (including phenoxy) is 2. The number of halogens is 1. The Balaban J connectivity index is 1.79. The van der Waals surface area contributed by atoms with Crippen LogP contribution in [0, 0.1) is 11.3 Å². The fourth-order valence-corrected chi connectivity index (χ4v) is 3.30. The van der Waals surface area contributed by atoms with Crippen LogP contribution in [0.25, 0.3) is 6.08 Å². The first-order valence-electron chi connectivity index (χ1n) is 9.72. The van der Waals surface area contributed by atoms with Crippen LogP contribution in [0.15, 0.2) is 76.8 Å². The molecule has 0 saturated carbocycles. The number of carbonyl (C=O) groups is 2. The van der Waals surface area contributed by atoms with E-state index in [-0.39, 0.29) is 17.7 Å². The highest BCUT2D eigenvalue weighted by Crippen LogP contribution is 2.35. The second kappa shape index (κ2) is 11.0. The standard InChI is InChI=1S/C25H19BrN2O5/c1-32-22-12-18(11-19(14-27)24(29)28-20-5-3-2-4-6-20)21(26)13-23(22)33-15-16-7-9-17(10-8-16)25(30)31/h2-13H,15H2,1H3,(H,28,29)(H,30,31)/b19-11-. The number of hydrogen-bond donors (Lipinski definition) is 2. The minimum absolute atomic E-state index is 0.0752. The number of carboxylic acid groups (broad SMARTS) is 1. The monoisotopic (exact) mass is 506 g/mol. The molecule has 1 amide bonds. The van der Waals surface area contributed by atoms with Gasteiger partial charge in [0.2, 0.25) is 0 Å². The van der Waals surface area contributed by atoms with Gasteiger partial charge in [0.1, 0.15) is 18.2 Å². The quantitative estimate of drug-likeness (QED) is 0.317. The van der Waals surface area contributed by atoms with E-state index in [2.05, 4.69) is 21.2 Å². The number of anilines is 1. The minimum Gasteiger partial charge on any atom is -0.493 e. The van der Waals surface area contributed by atoms with Crippen molar-refractivity contribution in [2.75, 3.05) is 12.4 Å². The van der Waals surface area contributed by atoms with Gasteiger partial charge in [-0.3, -0.25) is 4.79 Å². The number of nitrogens with zero attached hydrogens (tertiary/aromatic N) is 1. The van der Waals surface area contributed by atoms with Gasteiger partial charge in [-0.05, 0) is 53.6 Å². The topological polar surface area (TPSA) is 109 Å². The zero-order valence-electron chi connectivity index (χ0n) is 17.5. The molecular formula is C25H19BrN2O5. The number of carboxylic acids is 1. The lowest BCUT2D eigenvalue weighted by Crippen LogP contribution is -2.13. The van der Waals surface area contributed by atoms with Crippen LogP contribution in [0.5, 0.6) is 11.5 Å². The SMILES string of the molecule is COc1cc(/C=C(/C#N)C(=O)Nc2ccccc2)c(Br)cc1OCc1ccc(C(=O)O)cc1. The summed E-state index contributed by atoms with van der Waals surface area (Å²) in [5, 5.41) is 21.2. The number of para-hydroxylation sites is 1. The number of nitrogens with one attached hydrogen (secondary N) is 1.